The smallest absolute Gasteiger partial charge is 0.109 e. The zero-order valence-corrected chi connectivity index (χ0v) is 13.2. The van der Waals surface area contributed by atoms with Gasteiger partial charge in [0.15, 0.2) is 0 Å². The first-order chi connectivity index (χ1) is 9.09. The highest BCUT2D eigenvalue weighted by Crippen LogP contribution is 2.37. The van der Waals surface area contributed by atoms with Gasteiger partial charge in [-0.2, -0.15) is 5.26 Å². The number of nitrogens with one attached hydrogen (secondary N) is 1. The van der Waals surface area contributed by atoms with E-state index in [4.69, 9.17) is 0 Å². The minimum absolute atomic E-state index is 0.244. The highest BCUT2D eigenvalue weighted by atomic mass is 15.1. The maximum atomic E-state index is 9.61. The predicted molar refractivity (Wildman–Crippen MR) is 81.0 cm³/mol. The molecule has 3 nitrogen and oxygen atoms in total. The molecule has 0 aromatic heterocycles. The fourth-order valence-corrected chi connectivity index (χ4v) is 3.13. The van der Waals surface area contributed by atoms with E-state index in [0.29, 0.717) is 12.0 Å². The van der Waals surface area contributed by atoms with Crippen molar-refractivity contribution < 1.29 is 0 Å². The van der Waals surface area contributed by atoms with Crippen LogP contribution < -0.4 is 5.32 Å². The summed E-state index contributed by atoms with van der Waals surface area (Å²) < 4.78 is 0. The summed E-state index contributed by atoms with van der Waals surface area (Å²) in [6.45, 7) is 8.75. The van der Waals surface area contributed by atoms with Crippen LogP contribution >= 0.6 is 0 Å². The summed E-state index contributed by atoms with van der Waals surface area (Å²) in [5, 5.41) is 13.1. The molecule has 1 saturated carbocycles. The van der Waals surface area contributed by atoms with E-state index in [9.17, 15) is 5.26 Å². The molecule has 1 rings (SSSR count). The Kier molecular flexibility index (Phi) is 6.82. The molecule has 110 valence electrons. The fourth-order valence-electron chi connectivity index (χ4n) is 3.13. The van der Waals surface area contributed by atoms with Crippen LogP contribution in [0.1, 0.15) is 59.3 Å². The molecule has 0 aliphatic heterocycles. The minimum atomic E-state index is -0.244. The average molecular weight is 265 g/mol. The molecule has 1 aliphatic carbocycles. The van der Waals surface area contributed by atoms with Gasteiger partial charge in [-0.3, -0.25) is 5.32 Å². The van der Waals surface area contributed by atoms with Crippen LogP contribution in [0.15, 0.2) is 0 Å². The van der Waals surface area contributed by atoms with Gasteiger partial charge in [0, 0.05) is 6.04 Å². The fraction of sp³-hybridized carbons (Fsp3) is 0.938. The van der Waals surface area contributed by atoms with E-state index >= 15 is 0 Å². The van der Waals surface area contributed by atoms with Crippen molar-refractivity contribution in [3.63, 3.8) is 0 Å². The quantitative estimate of drug-likeness (QED) is 0.732. The molecule has 3 atom stereocenters. The number of hydrogen-bond acceptors (Lipinski definition) is 3. The molecule has 0 bridgehead atoms. The molecule has 1 fully saturated rings. The first-order valence-corrected chi connectivity index (χ1v) is 7.96. The zero-order valence-electron chi connectivity index (χ0n) is 13.2. The third-order valence-electron chi connectivity index (χ3n) is 4.88. The molecule has 19 heavy (non-hydrogen) atoms. The Morgan fingerprint density at radius 1 is 1.47 bits per heavy atom. The van der Waals surface area contributed by atoms with Crippen LogP contribution in [-0.4, -0.2) is 36.6 Å². The SMILES string of the molecule is CCCNC1(C#N)CCCC1CCN(C)C(C)CC. The maximum Gasteiger partial charge on any atom is 0.109 e. The van der Waals surface area contributed by atoms with Crippen LogP contribution in [0.5, 0.6) is 0 Å². The van der Waals surface area contributed by atoms with E-state index in [0.717, 1.165) is 32.4 Å². The Morgan fingerprint density at radius 3 is 2.79 bits per heavy atom. The summed E-state index contributed by atoms with van der Waals surface area (Å²) >= 11 is 0. The van der Waals surface area contributed by atoms with Crippen LogP contribution in [0.2, 0.25) is 0 Å². The van der Waals surface area contributed by atoms with E-state index in [1.54, 1.807) is 0 Å². The van der Waals surface area contributed by atoms with E-state index in [1.807, 2.05) is 0 Å². The second kappa shape index (κ2) is 7.87. The Bertz CT molecular complexity index is 297. The largest absolute Gasteiger partial charge is 0.304 e. The van der Waals surface area contributed by atoms with E-state index in [-0.39, 0.29) is 5.54 Å². The molecule has 1 N–H and O–H groups in total. The molecule has 0 aromatic rings. The number of nitrogens with zero attached hydrogens (tertiary/aromatic N) is 2. The van der Waals surface area contributed by atoms with E-state index < -0.39 is 0 Å². The highest BCUT2D eigenvalue weighted by molar-refractivity contribution is 5.14. The van der Waals surface area contributed by atoms with Crippen LogP contribution in [0.25, 0.3) is 0 Å². The van der Waals surface area contributed by atoms with Gasteiger partial charge in [0.2, 0.25) is 0 Å². The van der Waals surface area contributed by atoms with Gasteiger partial charge in [0.05, 0.1) is 6.07 Å². The van der Waals surface area contributed by atoms with Crippen LogP contribution in [-0.2, 0) is 0 Å². The normalized spacial score (nSPS) is 28.5. The molecular formula is C16H31N3. The molecule has 0 saturated heterocycles. The average Bonchev–Trinajstić information content (AvgIpc) is 2.85. The zero-order chi connectivity index (χ0) is 14.3. The van der Waals surface area contributed by atoms with Crippen molar-refractivity contribution in [3.05, 3.63) is 0 Å². The van der Waals surface area contributed by atoms with Gasteiger partial charge in [0.1, 0.15) is 5.54 Å². The molecule has 0 aromatic carbocycles. The summed E-state index contributed by atoms with van der Waals surface area (Å²) in [6.07, 6.45) is 6.87. The second-order valence-electron chi connectivity index (χ2n) is 6.13. The molecule has 3 heteroatoms. The van der Waals surface area contributed by atoms with Crippen LogP contribution in [0.4, 0.5) is 0 Å². The lowest BCUT2D eigenvalue weighted by Crippen LogP contribution is -2.48. The molecule has 3 unspecified atom stereocenters. The Hall–Kier alpha value is -0.590. The van der Waals surface area contributed by atoms with Gasteiger partial charge in [-0.15, -0.1) is 0 Å². The lowest BCUT2D eigenvalue weighted by Gasteiger charge is -2.32. The van der Waals surface area contributed by atoms with Crippen molar-refractivity contribution in [2.75, 3.05) is 20.1 Å². The summed E-state index contributed by atoms with van der Waals surface area (Å²) in [5.74, 6) is 0.524. The molecule has 0 amide bonds. The van der Waals surface area contributed by atoms with Crippen LogP contribution in [0.3, 0.4) is 0 Å². The lowest BCUT2D eigenvalue weighted by molar-refractivity contribution is 0.210. The van der Waals surface area contributed by atoms with Crippen molar-refractivity contribution in [2.24, 2.45) is 5.92 Å². The Balaban J connectivity index is 2.53. The highest BCUT2D eigenvalue weighted by Gasteiger charge is 2.42. The molecule has 0 heterocycles. The summed E-state index contributed by atoms with van der Waals surface area (Å²) in [7, 11) is 2.21. The summed E-state index contributed by atoms with van der Waals surface area (Å²) in [5.41, 5.74) is -0.244. The number of hydrogen-bond donors (Lipinski definition) is 1. The molecular weight excluding hydrogens is 234 g/mol. The van der Waals surface area contributed by atoms with Crippen molar-refractivity contribution in [1.29, 1.82) is 5.26 Å². The van der Waals surface area contributed by atoms with Gasteiger partial charge >= 0.3 is 0 Å². The lowest BCUT2D eigenvalue weighted by atomic mass is 9.85. The second-order valence-corrected chi connectivity index (χ2v) is 6.13. The van der Waals surface area contributed by atoms with Gasteiger partial charge < -0.3 is 4.90 Å². The first kappa shape index (κ1) is 16.5. The van der Waals surface area contributed by atoms with Gasteiger partial charge in [-0.1, -0.05) is 20.3 Å². The number of rotatable bonds is 8. The van der Waals surface area contributed by atoms with Crippen molar-refractivity contribution in [2.45, 2.75) is 70.9 Å². The van der Waals surface area contributed by atoms with Crippen LogP contribution in [0, 0.1) is 17.2 Å². The minimum Gasteiger partial charge on any atom is -0.304 e. The maximum absolute atomic E-state index is 9.61. The van der Waals surface area contributed by atoms with E-state index in [1.165, 1.54) is 19.3 Å². The standard InChI is InChI=1S/C16H31N3/c1-5-11-18-16(13-17)10-7-8-15(16)9-12-19(4)14(3)6-2/h14-15,18H,5-12H2,1-4H3. The van der Waals surface area contributed by atoms with Crippen molar-refractivity contribution >= 4 is 0 Å². The third-order valence-corrected chi connectivity index (χ3v) is 4.88. The first-order valence-electron chi connectivity index (χ1n) is 7.96. The third kappa shape index (κ3) is 4.19. The van der Waals surface area contributed by atoms with Gasteiger partial charge in [-0.25, -0.2) is 0 Å². The Labute approximate surface area is 119 Å². The predicted octanol–water partition coefficient (Wildman–Crippen LogP) is 3.17. The number of nitriles is 1. The molecule has 0 spiro atoms. The Morgan fingerprint density at radius 2 is 2.21 bits per heavy atom. The monoisotopic (exact) mass is 265 g/mol. The molecule has 0 radical (unpaired) electrons. The van der Waals surface area contributed by atoms with E-state index in [2.05, 4.69) is 44.1 Å². The molecule has 1 aliphatic rings. The summed E-state index contributed by atoms with van der Waals surface area (Å²) in [4.78, 5) is 2.43. The van der Waals surface area contributed by atoms with Crippen molar-refractivity contribution in [3.8, 4) is 6.07 Å². The topological polar surface area (TPSA) is 39.1 Å². The van der Waals surface area contributed by atoms with Gasteiger partial charge in [-0.05, 0) is 65.1 Å². The van der Waals surface area contributed by atoms with Gasteiger partial charge in [0.25, 0.3) is 0 Å². The summed E-state index contributed by atoms with van der Waals surface area (Å²) in [6, 6.07) is 3.24. The van der Waals surface area contributed by atoms with Crippen molar-refractivity contribution in [1.82, 2.24) is 10.2 Å².